The van der Waals surface area contributed by atoms with Gasteiger partial charge >= 0.3 is 0 Å². The van der Waals surface area contributed by atoms with E-state index in [1.807, 2.05) is 19.1 Å². The Kier molecular flexibility index (Phi) is 5.59. The van der Waals surface area contributed by atoms with Gasteiger partial charge in [-0.3, -0.25) is 0 Å². The van der Waals surface area contributed by atoms with Crippen molar-refractivity contribution in [3.05, 3.63) is 28.5 Å². The first-order valence-electron chi connectivity index (χ1n) is 4.06. The van der Waals surface area contributed by atoms with Crippen molar-refractivity contribution in [3.8, 4) is 0 Å². The summed E-state index contributed by atoms with van der Waals surface area (Å²) in [4.78, 5) is 7.39. The van der Waals surface area contributed by atoms with E-state index in [1.165, 1.54) is 0 Å². The zero-order valence-corrected chi connectivity index (χ0v) is 11.2. The Hall–Kier alpha value is -0.290. The molecule has 1 unspecified atom stereocenters. The predicted octanol–water partition coefficient (Wildman–Crippen LogP) is 3.19. The monoisotopic (exact) mass is 311 g/mol. The van der Waals surface area contributed by atoms with Gasteiger partial charge < -0.3 is 10.7 Å². The number of H-pyrrole nitrogens is 1. The van der Waals surface area contributed by atoms with Crippen LogP contribution in [0.1, 0.15) is 18.7 Å². The zero-order chi connectivity index (χ0) is 9.42. The van der Waals surface area contributed by atoms with Crippen LogP contribution in [0, 0.1) is 0 Å². The highest BCUT2D eigenvalue weighted by Gasteiger charge is 2.05. The highest BCUT2D eigenvalue weighted by Crippen LogP contribution is 2.20. The van der Waals surface area contributed by atoms with Crippen molar-refractivity contribution in [2.24, 2.45) is 5.73 Å². The molecule has 1 atom stereocenters. The largest absolute Gasteiger partial charge is 0.342 e. The van der Waals surface area contributed by atoms with E-state index in [2.05, 4.69) is 25.9 Å². The molecule has 0 aliphatic heterocycles. The van der Waals surface area contributed by atoms with E-state index in [0.717, 1.165) is 21.2 Å². The average molecular weight is 313 g/mol. The van der Waals surface area contributed by atoms with E-state index in [-0.39, 0.29) is 30.9 Å². The zero-order valence-electron chi connectivity index (χ0n) is 8.03. The molecule has 2 heterocycles. The maximum Gasteiger partial charge on any atom is 0.137 e. The molecule has 0 saturated carbocycles. The highest BCUT2D eigenvalue weighted by molar-refractivity contribution is 9.10. The molecular weight excluding hydrogens is 301 g/mol. The van der Waals surface area contributed by atoms with Crippen LogP contribution in [-0.2, 0) is 0 Å². The number of halogens is 3. The molecule has 0 amide bonds. The summed E-state index contributed by atoms with van der Waals surface area (Å²) in [6.07, 6.45) is 1.77. The minimum atomic E-state index is 0. The Bertz CT molecular complexity index is 442. The molecule has 0 aliphatic rings. The maximum atomic E-state index is 5.74. The topological polar surface area (TPSA) is 54.7 Å². The summed E-state index contributed by atoms with van der Waals surface area (Å²) in [6, 6.07) is 4.07. The van der Waals surface area contributed by atoms with Gasteiger partial charge in [-0.25, -0.2) is 4.98 Å². The number of hydrogen-bond donors (Lipinski definition) is 2. The van der Waals surface area contributed by atoms with Crippen molar-refractivity contribution < 1.29 is 0 Å². The number of hydrogen-bond acceptors (Lipinski definition) is 2. The van der Waals surface area contributed by atoms with Gasteiger partial charge in [-0.1, -0.05) is 0 Å². The Morgan fingerprint density at radius 1 is 1.40 bits per heavy atom. The maximum absolute atomic E-state index is 5.74. The standard InChI is InChI=1S/C9H10BrN3.2ClH/c1-5(11)8-3-6-2-7(10)4-12-9(6)13-8;;/h2-5H,11H2,1H3,(H,12,13);2*1H. The van der Waals surface area contributed by atoms with Gasteiger partial charge in [-0.15, -0.1) is 24.8 Å². The van der Waals surface area contributed by atoms with Crippen LogP contribution in [-0.4, -0.2) is 9.97 Å². The van der Waals surface area contributed by atoms with Crippen LogP contribution in [0.5, 0.6) is 0 Å². The molecule has 6 heteroatoms. The second-order valence-electron chi connectivity index (χ2n) is 3.10. The fraction of sp³-hybridized carbons (Fsp3) is 0.222. The molecule has 0 saturated heterocycles. The normalized spacial score (nSPS) is 11.7. The van der Waals surface area contributed by atoms with Crippen LogP contribution < -0.4 is 5.73 Å². The predicted molar refractivity (Wildman–Crippen MR) is 70.9 cm³/mol. The Balaban J connectivity index is 0.000000980. The van der Waals surface area contributed by atoms with Crippen molar-refractivity contribution in [2.75, 3.05) is 0 Å². The molecule has 3 nitrogen and oxygen atoms in total. The van der Waals surface area contributed by atoms with E-state index in [1.54, 1.807) is 6.20 Å². The van der Waals surface area contributed by atoms with Crippen molar-refractivity contribution in [3.63, 3.8) is 0 Å². The lowest BCUT2D eigenvalue weighted by atomic mass is 10.2. The molecule has 0 aromatic carbocycles. The molecule has 15 heavy (non-hydrogen) atoms. The quantitative estimate of drug-likeness (QED) is 0.849. The van der Waals surface area contributed by atoms with Crippen molar-refractivity contribution in [1.29, 1.82) is 0 Å². The fourth-order valence-electron chi connectivity index (χ4n) is 1.26. The number of nitrogens with one attached hydrogen (secondary N) is 1. The van der Waals surface area contributed by atoms with Gasteiger partial charge in [-0.2, -0.15) is 0 Å². The number of nitrogens with zero attached hydrogens (tertiary/aromatic N) is 1. The van der Waals surface area contributed by atoms with Gasteiger partial charge in [0.2, 0.25) is 0 Å². The smallest absolute Gasteiger partial charge is 0.137 e. The summed E-state index contributed by atoms with van der Waals surface area (Å²) < 4.78 is 0.982. The number of fused-ring (bicyclic) bond motifs is 1. The molecule has 0 spiro atoms. The van der Waals surface area contributed by atoms with Crippen LogP contribution in [0.4, 0.5) is 0 Å². The number of nitrogens with two attached hydrogens (primary N) is 1. The SMILES string of the molecule is CC(N)c1cc2cc(Br)cnc2[nH]1.Cl.Cl. The van der Waals surface area contributed by atoms with E-state index in [4.69, 9.17) is 5.73 Å². The second-order valence-corrected chi connectivity index (χ2v) is 4.02. The number of aromatic amines is 1. The molecule has 3 N–H and O–H groups in total. The van der Waals surface area contributed by atoms with Crippen molar-refractivity contribution in [2.45, 2.75) is 13.0 Å². The van der Waals surface area contributed by atoms with E-state index in [0.29, 0.717) is 0 Å². The summed E-state index contributed by atoms with van der Waals surface area (Å²) in [5.41, 5.74) is 7.64. The molecule has 0 aliphatic carbocycles. The van der Waals surface area contributed by atoms with E-state index < -0.39 is 0 Å². The Morgan fingerprint density at radius 3 is 2.67 bits per heavy atom. The minimum absolute atomic E-state index is 0. The van der Waals surface area contributed by atoms with Gasteiger partial charge in [0.05, 0.1) is 0 Å². The molecule has 2 aromatic rings. The van der Waals surface area contributed by atoms with Crippen LogP contribution >= 0.6 is 40.7 Å². The molecule has 0 radical (unpaired) electrons. The van der Waals surface area contributed by atoms with Gasteiger partial charge in [0, 0.05) is 27.8 Å². The Morgan fingerprint density at radius 2 is 2.07 bits per heavy atom. The lowest BCUT2D eigenvalue weighted by Crippen LogP contribution is -2.04. The fourth-order valence-corrected chi connectivity index (χ4v) is 1.60. The molecule has 0 bridgehead atoms. The summed E-state index contributed by atoms with van der Waals surface area (Å²) in [5, 5.41) is 1.08. The summed E-state index contributed by atoms with van der Waals surface area (Å²) in [5.74, 6) is 0. The van der Waals surface area contributed by atoms with E-state index in [9.17, 15) is 0 Å². The van der Waals surface area contributed by atoms with E-state index >= 15 is 0 Å². The average Bonchev–Trinajstić information content (AvgIpc) is 2.46. The second kappa shape index (κ2) is 5.70. The number of rotatable bonds is 1. The van der Waals surface area contributed by atoms with Gasteiger partial charge in [0.15, 0.2) is 0 Å². The Labute approximate surface area is 109 Å². The molecule has 0 fully saturated rings. The lowest BCUT2D eigenvalue weighted by molar-refractivity contribution is 0.791. The summed E-state index contributed by atoms with van der Waals surface area (Å²) in [7, 11) is 0. The molecular formula is C9H12BrCl2N3. The van der Waals surface area contributed by atoms with Gasteiger partial charge in [0.25, 0.3) is 0 Å². The summed E-state index contributed by atoms with van der Waals surface area (Å²) in [6.45, 7) is 1.94. The van der Waals surface area contributed by atoms with Crippen LogP contribution in [0.2, 0.25) is 0 Å². The van der Waals surface area contributed by atoms with Crippen LogP contribution in [0.15, 0.2) is 22.8 Å². The first-order chi connectivity index (χ1) is 6.16. The highest BCUT2D eigenvalue weighted by atomic mass is 79.9. The lowest BCUT2D eigenvalue weighted by Gasteiger charge is -1.98. The van der Waals surface area contributed by atoms with Crippen LogP contribution in [0.3, 0.4) is 0 Å². The van der Waals surface area contributed by atoms with Crippen molar-refractivity contribution >= 4 is 51.8 Å². The third kappa shape index (κ3) is 3.08. The number of pyridine rings is 1. The molecule has 2 aromatic heterocycles. The van der Waals surface area contributed by atoms with Crippen molar-refractivity contribution in [1.82, 2.24) is 9.97 Å². The third-order valence-electron chi connectivity index (χ3n) is 1.95. The number of aromatic nitrogens is 2. The molecule has 2 rings (SSSR count). The first kappa shape index (κ1) is 14.7. The minimum Gasteiger partial charge on any atom is -0.342 e. The molecule has 84 valence electrons. The third-order valence-corrected chi connectivity index (χ3v) is 2.38. The summed E-state index contributed by atoms with van der Waals surface area (Å²) >= 11 is 3.37. The van der Waals surface area contributed by atoms with Gasteiger partial charge in [0.1, 0.15) is 5.65 Å². The first-order valence-corrected chi connectivity index (χ1v) is 4.86. The van der Waals surface area contributed by atoms with Gasteiger partial charge in [-0.05, 0) is 35.0 Å². The van der Waals surface area contributed by atoms with Crippen LogP contribution in [0.25, 0.3) is 11.0 Å².